The molecule has 3 rings (SSSR count). The Balaban J connectivity index is 2.32. The highest BCUT2D eigenvalue weighted by molar-refractivity contribution is 7.25. The van der Waals surface area contributed by atoms with Gasteiger partial charge in [0.05, 0.1) is 11.4 Å². The van der Waals surface area contributed by atoms with Crippen molar-refractivity contribution in [1.29, 1.82) is 0 Å². The Kier molecular flexibility index (Phi) is 1.96. The lowest BCUT2D eigenvalue weighted by Gasteiger charge is -2.03. The second-order valence-electron chi connectivity index (χ2n) is 3.87. The number of amides is 2. The minimum absolute atomic E-state index is 0.144. The second kappa shape index (κ2) is 3.15. The topological polar surface area (TPSA) is 37.4 Å². The number of fused-ring (bicyclic) bond motifs is 3. The maximum Gasteiger partial charge on any atom is 0.271 e. The van der Waals surface area contributed by atoms with Gasteiger partial charge in [0.15, 0.2) is 0 Å². The summed E-state index contributed by atoms with van der Waals surface area (Å²) in [7, 11) is 0. The minimum Gasteiger partial charge on any atom is -0.278 e. The number of thiophene rings is 2. The summed E-state index contributed by atoms with van der Waals surface area (Å²) in [6, 6.07) is 0. The monoisotopic (exact) mass is 251 g/mol. The SMILES string of the molecule is Cc1sc(C)c2c3c(sc12)C(=O)N(C=O)C3. The molecule has 0 bridgehead atoms. The van der Waals surface area contributed by atoms with Crippen molar-refractivity contribution in [3.8, 4) is 0 Å². The van der Waals surface area contributed by atoms with E-state index < -0.39 is 0 Å². The predicted octanol–water partition coefficient (Wildman–Crippen LogP) is 2.69. The fourth-order valence-corrected chi connectivity index (χ4v) is 4.71. The van der Waals surface area contributed by atoms with Crippen molar-refractivity contribution in [2.45, 2.75) is 20.4 Å². The minimum atomic E-state index is -0.144. The molecule has 0 radical (unpaired) electrons. The van der Waals surface area contributed by atoms with Gasteiger partial charge in [-0.1, -0.05) is 0 Å². The Labute approximate surface area is 100 Å². The summed E-state index contributed by atoms with van der Waals surface area (Å²) in [5, 5.41) is 1.19. The molecule has 82 valence electrons. The Hall–Kier alpha value is -1.20. The third-order valence-electron chi connectivity index (χ3n) is 2.90. The van der Waals surface area contributed by atoms with E-state index in [1.54, 1.807) is 11.3 Å². The van der Waals surface area contributed by atoms with E-state index in [4.69, 9.17) is 0 Å². The summed E-state index contributed by atoms with van der Waals surface area (Å²) in [6.07, 6.45) is 0.620. The van der Waals surface area contributed by atoms with Crippen LogP contribution in [0.15, 0.2) is 0 Å². The number of hydrogen-bond donors (Lipinski definition) is 0. The van der Waals surface area contributed by atoms with Crippen molar-refractivity contribution in [3.05, 3.63) is 20.2 Å². The number of carbonyl (C=O) groups is 2. The van der Waals surface area contributed by atoms with Gasteiger partial charge in [0.25, 0.3) is 5.91 Å². The molecule has 5 heteroatoms. The van der Waals surface area contributed by atoms with Gasteiger partial charge in [-0.25, -0.2) is 0 Å². The second-order valence-corrected chi connectivity index (χ2v) is 6.32. The summed E-state index contributed by atoms with van der Waals surface area (Å²) in [6.45, 7) is 4.59. The van der Waals surface area contributed by atoms with Crippen LogP contribution in [-0.2, 0) is 11.3 Å². The van der Waals surface area contributed by atoms with Gasteiger partial charge < -0.3 is 0 Å². The Bertz CT molecular complexity index is 623. The van der Waals surface area contributed by atoms with Crippen LogP contribution in [0.3, 0.4) is 0 Å². The molecule has 3 nitrogen and oxygen atoms in total. The zero-order valence-corrected chi connectivity index (χ0v) is 10.5. The molecule has 1 aliphatic rings. The number of imide groups is 1. The van der Waals surface area contributed by atoms with E-state index in [0.29, 0.717) is 13.0 Å². The molecule has 16 heavy (non-hydrogen) atoms. The Morgan fingerprint density at radius 3 is 2.69 bits per heavy atom. The number of hydrogen-bond acceptors (Lipinski definition) is 4. The molecule has 0 fully saturated rings. The van der Waals surface area contributed by atoms with E-state index in [9.17, 15) is 9.59 Å². The van der Waals surface area contributed by atoms with E-state index in [1.165, 1.54) is 36.1 Å². The molecule has 0 N–H and O–H groups in total. The maximum absolute atomic E-state index is 11.8. The summed E-state index contributed by atoms with van der Waals surface area (Å²) in [5.74, 6) is -0.144. The van der Waals surface area contributed by atoms with Crippen LogP contribution in [-0.4, -0.2) is 17.2 Å². The summed E-state index contributed by atoms with van der Waals surface area (Å²) in [5.41, 5.74) is 1.04. The summed E-state index contributed by atoms with van der Waals surface area (Å²) >= 11 is 3.28. The van der Waals surface area contributed by atoms with Crippen LogP contribution in [0, 0.1) is 13.8 Å². The molecule has 0 saturated carbocycles. The van der Waals surface area contributed by atoms with Gasteiger partial charge in [0.2, 0.25) is 6.41 Å². The first-order valence-electron chi connectivity index (χ1n) is 4.91. The van der Waals surface area contributed by atoms with Gasteiger partial charge in [-0.2, -0.15) is 0 Å². The molecule has 0 atom stereocenters. The molecule has 3 heterocycles. The van der Waals surface area contributed by atoms with Crippen LogP contribution in [0.2, 0.25) is 0 Å². The highest BCUT2D eigenvalue weighted by Crippen LogP contribution is 2.43. The highest BCUT2D eigenvalue weighted by Gasteiger charge is 2.32. The van der Waals surface area contributed by atoms with Crippen molar-refractivity contribution in [1.82, 2.24) is 4.90 Å². The fourth-order valence-electron chi connectivity index (χ4n) is 2.19. The average molecular weight is 251 g/mol. The third-order valence-corrected chi connectivity index (χ3v) is 5.39. The Morgan fingerprint density at radius 2 is 2.00 bits per heavy atom. The van der Waals surface area contributed by atoms with E-state index in [-0.39, 0.29) is 5.91 Å². The van der Waals surface area contributed by atoms with Crippen molar-refractivity contribution in [2.24, 2.45) is 0 Å². The molecule has 0 unspecified atom stereocenters. The lowest BCUT2D eigenvalue weighted by Crippen LogP contribution is -2.21. The average Bonchev–Trinajstić information content (AvgIpc) is 2.83. The number of aryl methyl sites for hydroxylation is 2. The molecular weight excluding hydrogens is 242 g/mol. The fraction of sp³-hybridized carbons (Fsp3) is 0.273. The van der Waals surface area contributed by atoms with E-state index in [2.05, 4.69) is 13.8 Å². The van der Waals surface area contributed by atoms with E-state index in [0.717, 1.165) is 10.4 Å². The van der Waals surface area contributed by atoms with Crippen molar-refractivity contribution in [2.75, 3.05) is 0 Å². The first-order valence-corrected chi connectivity index (χ1v) is 6.54. The van der Waals surface area contributed by atoms with Gasteiger partial charge >= 0.3 is 0 Å². The maximum atomic E-state index is 11.8. The van der Waals surface area contributed by atoms with E-state index in [1.807, 2.05) is 0 Å². The molecule has 0 aliphatic carbocycles. The van der Waals surface area contributed by atoms with Gasteiger partial charge in [-0.15, -0.1) is 22.7 Å². The molecular formula is C11H9NO2S2. The largest absolute Gasteiger partial charge is 0.278 e. The van der Waals surface area contributed by atoms with Gasteiger partial charge in [0, 0.05) is 25.4 Å². The molecule has 2 amide bonds. The van der Waals surface area contributed by atoms with Crippen molar-refractivity contribution < 1.29 is 9.59 Å². The van der Waals surface area contributed by atoms with Crippen LogP contribution in [0.5, 0.6) is 0 Å². The number of rotatable bonds is 1. The molecule has 0 aromatic carbocycles. The zero-order valence-electron chi connectivity index (χ0n) is 8.86. The van der Waals surface area contributed by atoms with Crippen LogP contribution in [0.25, 0.3) is 10.1 Å². The molecule has 1 aliphatic heterocycles. The normalized spacial score (nSPS) is 14.9. The first-order chi connectivity index (χ1) is 7.63. The predicted molar refractivity (Wildman–Crippen MR) is 65.1 cm³/mol. The number of nitrogens with zero attached hydrogens (tertiary/aromatic N) is 1. The highest BCUT2D eigenvalue weighted by atomic mass is 32.1. The quantitative estimate of drug-likeness (QED) is 0.731. The summed E-state index contributed by atoms with van der Waals surface area (Å²) < 4.78 is 1.21. The van der Waals surface area contributed by atoms with Crippen LogP contribution in [0.4, 0.5) is 0 Å². The molecule has 0 spiro atoms. The van der Waals surface area contributed by atoms with Crippen molar-refractivity contribution >= 4 is 45.1 Å². The van der Waals surface area contributed by atoms with Crippen LogP contribution >= 0.6 is 22.7 Å². The smallest absolute Gasteiger partial charge is 0.271 e. The zero-order chi connectivity index (χ0) is 11.4. The lowest BCUT2D eigenvalue weighted by atomic mass is 10.2. The van der Waals surface area contributed by atoms with Crippen LogP contribution in [0.1, 0.15) is 25.0 Å². The third kappa shape index (κ3) is 1.07. The van der Waals surface area contributed by atoms with Gasteiger partial charge in [-0.05, 0) is 13.8 Å². The van der Waals surface area contributed by atoms with Gasteiger partial charge in [0.1, 0.15) is 0 Å². The van der Waals surface area contributed by atoms with Gasteiger partial charge in [-0.3, -0.25) is 14.5 Å². The Morgan fingerprint density at radius 1 is 1.25 bits per heavy atom. The first kappa shape index (κ1) is 9.99. The molecule has 2 aromatic heterocycles. The lowest BCUT2D eigenvalue weighted by molar-refractivity contribution is -0.116. The van der Waals surface area contributed by atoms with Crippen LogP contribution < -0.4 is 0 Å². The van der Waals surface area contributed by atoms with Crippen molar-refractivity contribution in [3.63, 3.8) is 0 Å². The van der Waals surface area contributed by atoms with E-state index >= 15 is 0 Å². The summed E-state index contributed by atoms with van der Waals surface area (Å²) in [4.78, 5) is 27.0. The standard InChI is InChI=1S/C11H9NO2S2/c1-5-8-7-3-12(4-13)11(14)10(7)16-9(8)6(2)15-5/h4H,3H2,1-2H3. The number of carbonyl (C=O) groups excluding carboxylic acids is 2. The molecule has 0 saturated heterocycles. The molecule has 2 aromatic rings.